The third kappa shape index (κ3) is 1.63. The highest BCUT2D eigenvalue weighted by molar-refractivity contribution is 7.98. The molecule has 0 bridgehead atoms. The quantitative estimate of drug-likeness (QED) is 0.716. The van der Waals surface area contributed by atoms with Crippen molar-refractivity contribution in [3.05, 3.63) is 42.6 Å². The minimum Gasteiger partial charge on any atom is -0.361 e. The van der Waals surface area contributed by atoms with Gasteiger partial charge in [0, 0.05) is 22.3 Å². The van der Waals surface area contributed by atoms with Gasteiger partial charge < -0.3 is 4.98 Å². The molecule has 0 saturated heterocycles. The van der Waals surface area contributed by atoms with Crippen molar-refractivity contribution in [3.63, 3.8) is 0 Å². The summed E-state index contributed by atoms with van der Waals surface area (Å²) in [6.45, 7) is 0. The molecule has 0 unspecified atom stereocenters. The van der Waals surface area contributed by atoms with E-state index in [4.69, 9.17) is 0 Å². The first kappa shape index (κ1) is 8.45. The molecule has 13 heavy (non-hydrogen) atoms. The van der Waals surface area contributed by atoms with Crippen LogP contribution in [0.2, 0.25) is 0 Å². The molecule has 0 spiro atoms. The Morgan fingerprint density at radius 2 is 1.92 bits per heavy atom. The van der Waals surface area contributed by atoms with Crippen LogP contribution in [-0.4, -0.2) is 11.2 Å². The first-order valence-electron chi connectivity index (χ1n) is 4.18. The van der Waals surface area contributed by atoms with Gasteiger partial charge in [0.1, 0.15) is 0 Å². The van der Waals surface area contributed by atoms with Gasteiger partial charge in [-0.05, 0) is 24.5 Å². The van der Waals surface area contributed by atoms with E-state index in [2.05, 4.69) is 41.6 Å². The summed E-state index contributed by atoms with van der Waals surface area (Å²) < 4.78 is 0. The summed E-state index contributed by atoms with van der Waals surface area (Å²) in [5.74, 6) is 0. The summed E-state index contributed by atoms with van der Waals surface area (Å²) in [7, 11) is 0. The lowest BCUT2D eigenvalue weighted by Gasteiger charge is -2.03. The predicted octanol–water partition coefficient (Wildman–Crippen LogP) is 3.40. The fourth-order valence-corrected chi connectivity index (χ4v) is 1.98. The molecular formula is C11H11NS. The molecule has 0 fully saturated rings. The van der Waals surface area contributed by atoms with Gasteiger partial charge in [0.05, 0.1) is 0 Å². The van der Waals surface area contributed by atoms with Crippen LogP contribution in [-0.2, 0) is 0 Å². The van der Waals surface area contributed by atoms with Crippen molar-refractivity contribution in [1.82, 2.24) is 4.98 Å². The van der Waals surface area contributed by atoms with E-state index < -0.39 is 0 Å². The molecule has 2 heteroatoms. The maximum absolute atomic E-state index is 3.21. The van der Waals surface area contributed by atoms with Gasteiger partial charge in [-0.25, -0.2) is 0 Å². The third-order valence-electron chi connectivity index (χ3n) is 2.00. The van der Waals surface area contributed by atoms with Crippen LogP contribution in [0.1, 0.15) is 0 Å². The van der Waals surface area contributed by atoms with E-state index in [1.807, 2.05) is 12.3 Å². The second-order valence-corrected chi connectivity index (χ2v) is 3.63. The molecule has 0 atom stereocenters. The highest BCUT2D eigenvalue weighted by Crippen LogP contribution is 2.28. The Labute approximate surface area is 82.2 Å². The average Bonchev–Trinajstić information content (AvgIpc) is 2.70. The topological polar surface area (TPSA) is 15.8 Å². The average molecular weight is 189 g/mol. The highest BCUT2D eigenvalue weighted by Gasteiger charge is 2.02. The minimum atomic E-state index is 1.19. The van der Waals surface area contributed by atoms with Crippen LogP contribution in [0, 0.1) is 0 Å². The molecular weight excluding hydrogens is 178 g/mol. The second kappa shape index (κ2) is 3.71. The number of aromatic amines is 1. The van der Waals surface area contributed by atoms with E-state index in [9.17, 15) is 0 Å². The largest absolute Gasteiger partial charge is 0.361 e. The van der Waals surface area contributed by atoms with Crippen molar-refractivity contribution in [2.75, 3.05) is 6.26 Å². The fraction of sp³-hybridized carbons (Fsp3) is 0.0909. The maximum atomic E-state index is 3.21. The van der Waals surface area contributed by atoms with Crippen LogP contribution in [0.4, 0.5) is 0 Å². The molecule has 1 aromatic carbocycles. The van der Waals surface area contributed by atoms with Gasteiger partial charge in [-0.3, -0.25) is 0 Å². The van der Waals surface area contributed by atoms with Gasteiger partial charge >= 0.3 is 0 Å². The van der Waals surface area contributed by atoms with E-state index in [1.54, 1.807) is 11.8 Å². The number of aromatic nitrogens is 1. The number of rotatable bonds is 2. The van der Waals surface area contributed by atoms with Crippen molar-refractivity contribution >= 4 is 11.8 Å². The van der Waals surface area contributed by atoms with Crippen LogP contribution >= 0.6 is 11.8 Å². The molecule has 1 aromatic heterocycles. The minimum absolute atomic E-state index is 1.19. The molecule has 0 aliphatic rings. The van der Waals surface area contributed by atoms with Gasteiger partial charge in [-0.2, -0.15) is 0 Å². The number of benzene rings is 1. The van der Waals surface area contributed by atoms with Crippen LogP contribution in [0.5, 0.6) is 0 Å². The molecule has 0 aliphatic carbocycles. The Balaban J connectivity index is 2.51. The zero-order valence-electron chi connectivity index (χ0n) is 7.45. The zero-order valence-corrected chi connectivity index (χ0v) is 8.27. The van der Waals surface area contributed by atoms with Crippen molar-refractivity contribution in [3.8, 4) is 11.3 Å². The summed E-state index contributed by atoms with van der Waals surface area (Å²) >= 11 is 1.77. The highest BCUT2D eigenvalue weighted by atomic mass is 32.2. The van der Waals surface area contributed by atoms with Crippen LogP contribution < -0.4 is 0 Å². The van der Waals surface area contributed by atoms with Crippen molar-refractivity contribution in [1.29, 1.82) is 0 Å². The monoisotopic (exact) mass is 189 g/mol. The van der Waals surface area contributed by atoms with Crippen molar-refractivity contribution in [2.24, 2.45) is 0 Å². The predicted molar refractivity (Wildman–Crippen MR) is 58.0 cm³/mol. The van der Waals surface area contributed by atoms with Crippen molar-refractivity contribution < 1.29 is 0 Å². The molecule has 0 aliphatic heterocycles. The van der Waals surface area contributed by atoms with Crippen LogP contribution in [0.25, 0.3) is 11.3 Å². The van der Waals surface area contributed by atoms with Gasteiger partial charge in [-0.1, -0.05) is 18.2 Å². The molecule has 2 rings (SSSR count). The van der Waals surface area contributed by atoms with Gasteiger partial charge in [-0.15, -0.1) is 11.8 Å². The summed E-state index contributed by atoms with van der Waals surface area (Å²) in [5.41, 5.74) is 2.46. The van der Waals surface area contributed by atoms with Gasteiger partial charge in [0.2, 0.25) is 0 Å². The lowest BCUT2D eigenvalue weighted by Crippen LogP contribution is -1.80. The van der Waals surface area contributed by atoms with E-state index in [0.717, 1.165) is 0 Å². The molecule has 0 saturated carbocycles. The number of hydrogen-bond donors (Lipinski definition) is 1. The van der Waals surface area contributed by atoms with Crippen LogP contribution in [0.15, 0.2) is 47.5 Å². The molecule has 66 valence electrons. The summed E-state index contributed by atoms with van der Waals surface area (Å²) in [5, 5.41) is 0. The Hall–Kier alpha value is -1.15. The summed E-state index contributed by atoms with van der Waals surface area (Å²) in [6, 6.07) is 12.5. The number of thioether (sulfide) groups is 1. The Kier molecular flexibility index (Phi) is 2.41. The van der Waals surface area contributed by atoms with Crippen LogP contribution in [0.3, 0.4) is 0 Å². The Morgan fingerprint density at radius 3 is 2.62 bits per heavy atom. The lowest BCUT2D eigenvalue weighted by molar-refractivity contribution is 1.35. The van der Waals surface area contributed by atoms with Crippen molar-refractivity contribution in [2.45, 2.75) is 4.90 Å². The van der Waals surface area contributed by atoms with Gasteiger partial charge in [0.25, 0.3) is 0 Å². The number of hydrogen-bond acceptors (Lipinski definition) is 1. The fourth-order valence-electron chi connectivity index (χ4n) is 1.37. The zero-order chi connectivity index (χ0) is 9.10. The first-order chi connectivity index (χ1) is 6.42. The SMILES string of the molecule is CSc1ccccc1-c1ccc[nH]1. The third-order valence-corrected chi connectivity index (χ3v) is 2.79. The molecule has 0 radical (unpaired) electrons. The smallest absolute Gasteiger partial charge is 0.0465 e. The Bertz CT molecular complexity index is 379. The molecule has 2 aromatic rings. The number of nitrogens with one attached hydrogen (secondary N) is 1. The van der Waals surface area contributed by atoms with E-state index in [1.165, 1.54) is 16.2 Å². The van der Waals surface area contributed by atoms with Gasteiger partial charge in [0.15, 0.2) is 0 Å². The molecule has 1 N–H and O–H groups in total. The van der Waals surface area contributed by atoms with E-state index in [0.29, 0.717) is 0 Å². The maximum Gasteiger partial charge on any atom is 0.0465 e. The lowest BCUT2D eigenvalue weighted by atomic mass is 10.1. The number of H-pyrrole nitrogens is 1. The summed E-state index contributed by atoms with van der Waals surface area (Å²) in [4.78, 5) is 4.52. The second-order valence-electron chi connectivity index (χ2n) is 2.78. The first-order valence-corrected chi connectivity index (χ1v) is 5.41. The normalized spacial score (nSPS) is 10.2. The van der Waals surface area contributed by atoms with E-state index >= 15 is 0 Å². The Morgan fingerprint density at radius 1 is 1.08 bits per heavy atom. The molecule has 1 heterocycles. The standard InChI is InChI=1S/C11H11NS/c1-13-11-7-3-2-5-9(11)10-6-4-8-12-10/h2-8,12H,1H3. The summed E-state index contributed by atoms with van der Waals surface area (Å²) in [6.07, 6.45) is 4.05. The molecule has 0 amide bonds. The van der Waals surface area contributed by atoms with E-state index in [-0.39, 0.29) is 0 Å². The molecule has 1 nitrogen and oxygen atoms in total.